The number of phenolic OH excluding ortho intramolecular Hbond substituents is 1. The summed E-state index contributed by atoms with van der Waals surface area (Å²) in [6.45, 7) is 4.28. The number of nitrogens with one attached hydrogen (secondary N) is 2. The molecule has 2 heterocycles. The molecular weight excluding hydrogens is 282 g/mol. The molecule has 0 aliphatic carbocycles. The van der Waals surface area contributed by atoms with Gasteiger partial charge in [0, 0.05) is 28.5 Å². The molecule has 1 atom stereocenters. The van der Waals surface area contributed by atoms with E-state index < -0.39 is 0 Å². The van der Waals surface area contributed by atoms with Crippen LogP contribution in [0, 0.1) is 0 Å². The molecule has 21 heavy (non-hydrogen) atoms. The van der Waals surface area contributed by atoms with Crippen LogP contribution in [0.1, 0.15) is 31.1 Å². The third kappa shape index (κ3) is 3.09. The summed E-state index contributed by atoms with van der Waals surface area (Å²) in [7, 11) is 0. The molecule has 0 aliphatic heterocycles. The highest BCUT2D eigenvalue weighted by Gasteiger charge is 2.17. The highest BCUT2D eigenvalue weighted by molar-refractivity contribution is 7.07. The first-order chi connectivity index (χ1) is 10.1. The molecule has 2 aromatic heterocycles. The topological polar surface area (TPSA) is 60.9 Å². The molecule has 4 nitrogen and oxygen atoms in total. The van der Waals surface area contributed by atoms with Crippen molar-refractivity contribution in [3.63, 3.8) is 0 Å². The fourth-order valence-electron chi connectivity index (χ4n) is 2.60. The molecule has 1 aromatic carbocycles. The Kier molecular flexibility index (Phi) is 3.94. The van der Waals surface area contributed by atoms with Gasteiger partial charge in [0.1, 0.15) is 5.75 Å². The fourth-order valence-corrected chi connectivity index (χ4v) is 3.21. The molecule has 0 saturated carbocycles. The van der Waals surface area contributed by atoms with Crippen LogP contribution in [0.25, 0.3) is 10.9 Å². The highest BCUT2D eigenvalue weighted by Crippen LogP contribution is 2.27. The number of fused-ring (bicyclic) bond motifs is 1. The van der Waals surface area contributed by atoms with Crippen LogP contribution in [0.4, 0.5) is 0 Å². The molecular formula is C16H19N3OS. The second-order valence-electron chi connectivity index (χ2n) is 5.54. The zero-order chi connectivity index (χ0) is 14.8. The van der Waals surface area contributed by atoms with E-state index in [1.54, 1.807) is 17.4 Å². The van der Waals surface area contributed by atoms with Crippen molar-refractivity contribution in [2.45, 2.75) is 32.4 Å². The predicted octanol–water partition coefficient (Wildman–Crippen LogP) is 3.61. The van der Waals surface area contributed by atoms with Crippen LogP contribution in [0.3, 0.4) is 0 Å². The first kappa shape index (κ1) is 14.1. The van der Waals surface area contributed by atoms with Gasteiger partial charge >= 0.3 is 0 Å². The van der Waals surface area contributed by atoms with E-state index in [1.807, 2.05) is 23.8 Å². The van der Waals surface area contributed by atoms with Gasteiger partial charge in [-0.1, -0.05) is 13.8 Å². The summed E-state index contributed by atoms with van der Waals surface area (Å²) in [5.41, 5.74) is 5.17. The number of phenols is 1. The quantitative estimate of drug-likeness (QED) is 0.674. The molecule has 0 fully saturated rings. The summed E-state index contributed by atoms with van der Waals surface area (Å²) in [4.78, 5) is 7.71. The monoisotopic (exact) mass is 301 g/mol. The van der Waals surface area contributed by atoms with Crippen LogP contribution >= 0.6 is 11.3 Å². The van der Waals surface area contributed by atoms with Gasteiger partial charge in [-0.15, -0.1) is 11.3 Å². The van der Waals surface area contributed by atoms with Crippen LogP contribution in [-0.4, -0.2) is 21.1 Å². The molecule has 3 aromatic rings. The lowest BCUT2D eigenvalue weighted by Gasteiger charge is -2.19. The molecule has 0 unspecified atom stereocenters. The Morgan fingerprint density at radius 1 is 1.38 bits per heavy atom. The van der Waals surface area contributed by atoms with Gasteiger partial charge in [0.2, 0.25) is 0 Å². The summed E-state index contributed by atoms with van der Waals surface area (Å²) >= 11 is 1.61. The average Bonchev–Trinajstić information content (AvgIpc) is 3.07. The molecule has 0 aliphatic rings. The van der Waals surface area contributed by atoms with Gasteiger partial charge in [-0.3, -0.25) is 0 Å². The smallest absolute Gasteiger partial charge is 0.116 e. The lowest BCUT2D eigenvalue weighted by atomic mass is 10.0. The number of benzene rings is 1. The van der Waals surface area contributed by atoms with Crippen LogP contribution in [0.5, 0.6) is 5.75 Å². The zero-order valence-electron chi connectivity index (χ0n) is 12.1. The molecule has 3 N–H and O–H groups in total. The fraction of sp³-hybridized carbons (Fsp3) is 0.312. The second kappa shape index (κ2) is 5.87. The molecule has 0 spiro atoms. The minimum Gasteiger partial charge on any atom is -0.508 e. The number of thiazole rings is 1. The molecule has 3 rings (SSSR count). The van der Waals surface area contributed by atoms with E-state index in [2.05, 4.69) is 34.5 Å². The Balaban J connectivity index is 1.92. The van der Waals surface area contributed by atoms with Crippen molar-refractivity contribution in [1.29, 1.82) is 0 Å². The van der Waals surface area contributed by atoms with E-state index in [1.165, 1.54) is 5.56 Å². The lowest BCUT2D eigenvalue weighted by molar-refractivity contribution is 0.468. The molecule has 0 saturated heterocycles. The van der Waals surface area contributed by atoms with Crippen molar-refractivity contribution >= 4 is 22.2 Å². The molecule has 0 bridgehead atoms. The zero-order valence-corrected chi connectivity index (χ0v) is 12.9. The number of aromatic hydroxyl groups is 1. The number of hydrogen-bond acceptors (Lipinski definition) is 4. The molecule has 5 heteroatoms. The Labute approximate surface area is 127 Å². The van der Waals surface area contributed by atoms with Gasteiger partial charge in [-0.25, -0.2) is 4.98 Å². The Bertz CT molecular complexity index is 718. The Morgan fingerprint density at radius 3 is 2.95 bits per heavy atom. The minimum absolute atomic E-state index is 0.178. The Morgan fingerprint density at radius 2 is 2.24 bits per heavy atom. The van der Waals surface area contributed by atoms with Gasteiger partial charge in [0.25, 0.3) is 0 Å². The third-order valence-electron chi connectivity index (χ3n) is 3.52. The van der Waals surface area contributed by atoms with Gasteiger partial charge in [0.05, 0.1) is 17.2 Å². The number of rotatable bonds is 5. The SMILES string of the molecule is CC(C)N[C@@H](Cc1c[nH]c2ccc(O)cc12)c1cscn1. The number of aromatic amines is 1. The van der Waals surface area contributed by atoms with Crippen LogP contribution in [-0.2, 0) is 6.42 Å². The van der Waals surface area contributed by atoms with Gasteiger partial charge in [-0.05, 0) is 30.2 Å². The van der Waals surface area contributed by atoms with Crippen LogP contribution < -0.4 is 5.32 Å². The van der Waals surface area contributed by atoms with E-state index in [4.69, 9.17) is 0 Å². The minimum atomic E-state index is 0.178. The van der Waals surface area contributed by atoms with Gasteiger partial charge in [-0.2, -0.15) is 0 Å². The first-order valence-corrected chi connectivity index (χ1v) is 8.01. The van der Waals surface area contributed by atoms with E-state index in [9.17, 15) is 5.11 Å². The van der Waals surface area contributed by atoms with Gasteiger partial charge < -0.3 is 15.4 Å². The predicted molar refractivity (Wildman–Crippen MR) is 86.8 cm³/mol. The van der Waals surface area contributed by atoms with Crippen LogP contribution in [0.15, 0.2) is 35.3 Å². The summed E-state index contributed by atoms with van der Waals surface area (Å²) < 4.78 is 0. The van der Waals surface area contributed by atoms with Crippen molar-refractivity contribution in [3.05, 3.63) is 46.5 Å². The third-order valence-corrected chi connectivity index (χ3v) is 4.12. The van der Waals surface area contributed by atoms with E-state index >= 15 is 0 Å². The van der Waals surface area contributed by atoms with Crippen molar-refractivity contribution in [2.75, 3.05) is 0 Å². The number of H-pyrrole nitrogens is 1. The van der Waals surface area contributed by atoms with E-state index in [0.717, 1.165) is 23.0 Å². The maximum absolute atomic E-state index is 9.70. The largest absolute Gasteiger partial charge is 0.508 e. The summed E-state index contributed by atoms with van der Waals surface area (Å²) in [6.07, 6.45) is 2.86. The van der Waals surface area contributed by atoms with Crippen molar-refractivity contribution in [3.8, 4) is 5.75 Å². The Hall–Kier alpha value is -1.85. The van der Waals surface area contributed by atoms with Gasteiger partial charge in [0.15, 0.2) is 0 Å². The summed E-state index contributed by atoms with van der Waals surface area (Å²) in [5, 5.41) is 16.4. The lowest BCUT2D eigenvalue weighted by Crippen LogP contribution is -2.29. The maximum Gasteiger partial charge on any atom is 0.116 e. The average molecular weight is 301 g/mol. The molecule has 110 valence electrons. The molecule has 0 radical (unpaired) electrons. The first-order valence-electron chi connectivity index (χ1n) is 7.06. The van der Waals surface area contributed by atoms with Crippen LogP contribution in [0.2, 0.25) is 0 Å². The van der Waals surface area contributed by atoms with Crippen molar-refractivity contribution in [1.82, 2.24) is 15.3 Å². The number of hydrogen-bond donors (Lipinski definition) is 3. The van der Waals surface area contributed by atoms with Crippen molar-refractivity contribution < 1.29 is 5.11 Å². The standard InChI is InChI=1S/C16H19N3OS/c1-10(2)19-15(16-8-21-9-18-16)5-11-7-17-14-4-3-12(20)6-13(11)14/h3-4,6-10,15,17,19-20H,5H2,1-2H3/t15-/m0/s1. The van der Waals surface area contributed by atoms with E-state index in [-0.39, 0.29) is 6.04 Å². The number of aromatic nitrogens is 2. The molecule has 0 amide bonds. The maximum atomic E-state index is 9.70. The summed E-state index contributed by atoms with van der Waals surface area (Å²) in [6, 6.07) is 5.98. The second-order valence-corrected chi connectivity index (χ2v) is 6.25. The van der Waals surface area contributed by atoms with Crippen molar-refractivity contribution in [2.24, 2.45) is 0 Å². The summed E-state index contributed by atoms with van der Waals surface area (Å²) in [5.74, 6) is 0.297. The highest BCUT2D eigenvalue weighted by atomic mass is 32.1. The normalized spacial score (nSPS) is 13.1. The van der Waals surface area contributed by atoms with E-state index in [0.29, 0.717) is 11.8 Å². The number of nitrogens with zero attached hydrogens (tertiary/aromatic N) is 1.